The summed E-state index contributed by atoms with van der Waals surface area (Å²) in [5.74, 6) is 0.547. The Bertz CT molecular complexity index is 1030. The van der Waals surface area contributed by atoms with Gasteiger partial charge in [0.15, 0.2) is 5.16 Å². The molecule has 2 aromatic carbocycles. The second kappa shape index (κ2) is 8.53. The first-order valence-corrected chi connectivity index (χ1v) is 9.70. The van der Waals surface area contributed by atoms with E-state index in [0.717, 1.165) is 22.0 Å². The monoisotopic (exact) mass is 390 g/mol. The lowest BCUT2D eigenvalue weighted by Gasteiger charge is -2.10. The van der Waals surface area contributed by atoms with Crippen LogP contribution in [0.2, 0.25) is 0 Å². The van der Waals surface area contributed by atoms with Crippen LogP contribution in [0.5, 0.6) is 0 Å². The molecule has 0 saturated carbocycles. The van der Waals surface area contributed by atoms with E-state index in [0.29, 0.717) is 17.9 Å². The summed E-state index contributed by atoms with van der Waals surface area (Å²) in [4.78, 5) is 20.8. The largest absolute Gasteiger partial charge is 0.348 e. The molecule has 0 bridgehead atoms. The molecule has 0 unspecified atom stereocenters. The number of thioether (sulfide) groups is 1. The smallest absolute Gasteiger partial charge is 0.251 e. The lowest BCUT2D eigenvalue weighted by Crippen LogP contribution is -2.23. The van der Waals surface area contributed by atoms with Gasteiger partial charge in [-0.2, -0.15) is 5.10 Å². The highest BCUT2D eigenvalue weighted by molar-refractivity contribution is 7.98. The fraction of sp³-hybridized carbons (Fsp3) is 0.100. The molecule has 28 heavy (non-hydrogen) atoms. The van der Waals surface area contributed by atoms with Crippen molar-refractivity contribution in [2.24, 2.45) is 0 Å². The maximum Gasteiger partial charge on any atom is 0.251 e. The van der Waals surface area contributed by atoms with Crippen molar-refractivity contribution < 1.29 is 4.79 Å². The number of aromatic nitrogens is 5. The number of amides is 1. The molecular weight excluding hydrogens is 372 g/mol. The van der Waals surface area contributed by atoms with E-state index in [1.807, 2.05) is 59.3 Å². The Hall–Kier alpha value is -3.39. The summed E-state index contributed by atoms with van der Waals surface area (Å²) in [6, 6.07) is 15.6. The van der Waals surface area contributed by atoms with Gasteiger partial charge in [0.05, 0.1) is 6.33 Å². The highest BCUT2D eigenvalue weighted by atomic mass is 32.2. The number of nitrogens with zero attached hydrogens (tertiary/aromatic N) is 4. The number of rotatable bonds is 7. The summed E-state index contributed by atoms with van der Waals surface area (Å²) >= 11 is 1.51. The zero-order chi connectivity index (χ0) is 19.2. The fourth-order valence-electron chi connectivity index (χ4n) is 2.75. The van der Waals surface area contributed by atoms with E-state index in [-0.39, 0.29) is 5.91 Å². The van der Waals surface area contributed by atoms with Crippen LogP contribution in [0.15, 0.2) is 78.7 Å². The van der Waals surface area contributed by atoms with Crippen molar-refractivity contribution in [3.63, 3.8) is 0 Å². The SMILES string of the molecule is O=C(NCc1ccc(-n2ccnc2)cc1)c1ccccc1CSc1ncn[nH]1. The van der Waals surface area contributed by atoms with Crippen molar-refractivity contribution in [3.05, 3.63) is 90.3 Å². The second-order valence-corrected chi connectivity index (χ2v) is 7.02. The molecule has 4 aromatic rings. The maximum atomic E-state index is 12.7. The standard InChI is InChI=1S/C20H18N6OS/c27-19(18-4-2-1-3-16(18)12-28-20-23-13-24-25-20)22-11-15-5-7-17(8-6-15)26-10-9-21-14-26/h1-10,13-14H,11-12H2,(H,22,27)(H,23,24,25). The third-order valence-corrected chi connectivity index (χ3v) is 5.14. The molecule has 2 aromatic heterocycles. The number of hydrogen-bond donors (Lipinski definition) is 2. The topological polar surface area (TPSA) is 88.5 Å². The number of carbonyl (C=O) groups is 1. The summed E-state index contributed by atoms with van der Waals surface area (Å²) in [6.07, 6.45) is 6.86. The first-order chi connectivity index (χ1) is 13.8. The van der Waals surface area contributed by atoms with E-state index in [1.54, 1.807) is 12.5 Å². The van der Waals surface area contributed by atoms with E-state index in [4.69, 9.17) is 0 Å². The minimum atomic E-state index is -0.0903. The first-order valence-electron chi connectivity index (χ1n) is 8.71. The summed E-state index contributed by atoms with van der Waals surface area (Å²) in [7, 11) is 0. The Kier molecular flexibility index (Phi) is 5.48. The Morgan fingerprint density at radius 2 is 2.00 bits per heavy atom. The molecule has 4 rings (SSSR count). The second-order valence-electron chi connectivity index (χ2n) is 6.06. The molecule has 0 fully saturated rings. The Morgan fingerprint density at radius 3 is 2.75 bits per heavy atom. The third kappa shape index (κ3) is 4.29. The summed E-state index contributed by atoms with van der Waals surface area (Å²) in [5.41, 5.74) is 3.69. The van der Waals surface area contributed by atoms with Gasteiger partial charge in [-0.1, -0.05) is 42.1 Å². The Balaban J connectivity index is 1.38. The van der Waals surface area contributed by atoms with E-state index >= 15 is 0 Å². The minimum absolute atomic E-state index is 0.0903. The third-order valence-electron chi connectivity index (χ3n) is 4.21. The van der Waals surface area contributed by atoms with Gasteiger partial charge in [0.1, 0.15) is 6.33 Å². The Morgan fingerprint density at radius 1 is 1.14 bits per heavy atom. The van der Waals surface area contributed by atoms with Crippen LogP contribution in [-0.4, -0.2) is 30.6 Å². The van der Waals surface area contributed by atoms with Crippen molar-refractivity contribution in [3.8, 4) is 5.69 Å². The van der Waals surface area contributed by atoms with Crippen LogP contribution in [0.1, 0.15) is 21.5 Å². The predicted molar refractivity (Wildman–Crippen MR) is 107 cm³/mol. The molecule has 140 valence electrons. The fourth-order valence-corrected chi connectivity index (χ4v) is 3.54. The van der Waals surface area contributed by atoms with Gasteiger partial charge in [-0.25, -0.2) is 9.97 Å². The molecule has 2 N–H and O–H groups in total. The van der Waals surface area contributed by atoms with Crippen molar-refractivity contribution in [1.82, 2.24) is 30.0 Å². The Labute approximate surface area is 166 Å². The molecule has 0 spiro atoms. The molecule has 2 heterocycles. The molecule has 0 aliphatic heterocycles. The number of carbonyl (C=O) groups excluding carboxylic acids is 1. The van der Waals surface area contributed by atoms with Gasteiger partial charge in [-0.3, -0.25) is 9.89 Å². The van der Waals surface area contributed by atoms with Gasteiger partial charge in [-0.15, -0.1) is 0 Å². The molecule has 0 aliphatic rings. The average molecular weight is 390 g/mol. The average Bonchev–Trinajstić information content (AvgIpc) is 3.45. The van der Waals surface area contributed by atoms with Crippen LogP contribution in [0.3, 0.4) is 0 Å². The van der Waals surface area contributed by atoms with Gasteiger partial charge in [0.25, 0.3) is 5.91 Å². The summed E-state index contributed by atoms with van der Waals surface area (Å²) in [5, 5.41) is 10.4. The van der Waals surface area contributed by atoms with Crippen LogP contribution in [-0.2, 0) is 12.3 Å². The van der Waals surface area contributed by atoms with Crippen LogP contribution >= 0.6 is 11.8 Å². The van der Waals surface area contributed by atoms with E-state index in [2.05, 4.69) is 25.5 Å². The number of nitrogens with one attached hydrogen (secondary N) is 2. The van der Waals surface area contributed by atoms with Crippen molar-refractivity contribution in [2.75, 3.05) is 0 Å². The molecular formula is C20H18N6OS. The number of hydrogen-bond acceptors (Lipinski definition) is 5. The lowest BCUT2D eigenvalue weighted by atomic mass is 10.1. The highest BCUT2D eigenvalue weighted by Gasteiger charge is 2.11. The summed E-state index contributed by atoms with van der Waals surface area (Å²) < 4.78 is 1.94. The van der Waals surface area contributed by atoms with Crippen molar-refractivity contribution in [2.45, 2.75) is 17.5 Å². The normalized spacial score (nSPS) is 10.7. The van der Waals surface area contributed by atoms with Gasteiger partial charge < -0.3 is 9.88 Å². The molecule has 0 saturated heterocycles. The van der Waals surface area contributed by atoms with Crippen LogP contribution in [0.25, 0.3) is 5.69 Å². The lowest BCUT2D eigenvalue weighted by molar-refractivity contribution is 0.0950. The van der Waals surface area contributed by atoms with Gasteiger partial charge in [0, 0.05) is 35.9 Å². The molecule has 8 heteroatoms. The zero-order valence-corrected chi connectivity index (χ0v) is 15.8. The predicted octanol–water partition coefficient (Wildman–Crippen LogP) is 3.21. The zero-order valence-electron chi connectivity index (χ0n) is 14.9. The molecule has 7 nitrogen and oxygen atoms in total. The first kappa shape index (κ1) is 18.0. The van der Waals surface area contributed by atoms with E-state index in [9.17, 15) is 4.79 Å². The number of benzene rings is 2. The van der Waals surface area contributed by atoms with Gasteiger partial charge in [-0.05, 0) is 29.3 Å². The number of H-pyrrole nitrogens is 1. The van der Waals surface area contributed by atoms with Crippen molar-refractivity contribution >= 4 is 17.7 Å². The number of aromatic amines is 1. The van der Waals surface area contributed by atoms with Crippen molar-refractivity contribution in [1.29, 1.82) is 0 Å². The minimum Gasteiger partial charge on any atom is -0.348 e. The molecule has 0 radical (unpaired) electrons. The van der Waals surface area contributed by atoms with Crippen LogP contribution in [0.4, 0.5) is 0 Å². The van der Waals surface area contributed by atoms with Crippen LogP contribution in [0, 0.1) is 0 Å². The van der Waals surface area contributed by atoms with E-state index in [1.165, 1.54) is 18.1 Å². The highest BCUT2D eigenvalue weighted by Crippen LogP contribution is 2.21. The van der Waals surface area contributed by atoms with E-state index < -0.39 is 0 Å². The maximum absolute atomic E-state index is 12.7. The molecule has 0 atom stereocenters. The van der Waals surface area contributed by atoms with Crippen LogP contribution < -0.4 is 5.32 Å². The summed E-state index contributed by atoms with van der Waals surface area (Å²) in [6.45, 7) is 0.465. The quantitative estimate of drug-likeness (QED) is 0.473. The van der Waals surface area contributed by atoms with Gasteiger partial charge in [0.2, 0.25) is 0 Å². The molecule has 0 aliphatic carbocycles. The number of imidazole rings is 1. The van der Waals surface area contributed by atoms with Gasteiger partial charge >= 0.3 is 0 Å². The molecule has 1 amide bonds.